The molecule has 96 valence electrons. The maximum absolute atomic E-state index is 12.1. The zero-order valence-electron chi connectivity index (χ0n) is 10.7. The third-order valence-electron chi connectivity index (χ3n) is 2.59. The van der Waals surface area contributed by atoms with Gasteiger partial charge in [0.1, 0.15) is 0 Å². The van der Waals surface area contributed by atoms with Crippen LogP contribution in [-0.4, -0.2) is 20.5 Å². The van der Waals surface area contributed by atoms with E-state index in [-0.39, 0.29) is 0 Å². The molecule has 2 aromatic rings. The number of fused-ring (bicyclic) bond motifs is 1. The average molecular weight is 262 g/mol. The van der Waals surface area contributed by atoms with E-state index >= 15 is 0 Å². The number of hydrogen-bond donors (Lipinski definition) is 1. The van der Waals surface area contributed by atoms with Crippen molar-refractivity contribution in [2.45, 2.75) is 25.1 Å². The Kier molecular flexibility index (Phi) is 3.78. The van der Waals surface area contributed by atoms with Gasteiger partial charge in [0, 0.05) is 39.4 Å². The van der Waals surface area contributed by atoms with Crippen LogP contribution in [0.3, 0.4) is 0 Å². The predicted octanol–water partition coefficient (Wildman–Crippen LogP) is 2.22. The van der Waals surface area contributed by atoms with Crippen LogP contribution in [0.25, 0.3) is 10.9 Å². The second-order valence-corrected chi connectivity index (χ2v) is 6.66. The molecule has 3 nitrogen and oxygen atoms in total. The molecule has 4 heteroatoms. The molecule has 1 aromatic heterocycles. The summed E-state index contributed by atoms with van der Waals surface area (Å²) in [5.74, 6) is 1.04. The molecule has 0 aliphatic carbocycles. The van der Waals surface area contributed by atoms with E-state index in [1.54, 1.807) is 6.20 Å². The van der Waals surface area contributed by atoms with Gasteiger partial charge in [-0.3, -0.25) is 9.19 Å². The lowest BCUT2D eigenvalue weighted by Gasteiger charge is -2.17. The monoisotopic (exact) mass is 262 g/mol. The Balaban J connectivity index is 2.24. The molecule has 2 N–H and O–H groups in total. The Morgan fingerprint density at radius 3 is 2.72 bits per heavy atom. The standard InChI is InChI=1S/C14H18N2OS/c1-14(2,15)10-18(17)9-11-7-8-16-13-6-4-3-5-12(11)13/h3-8H,9-10,15H2,1-2H3. The van der Waals surface area contributed by atoms with Gasteiger partial charge in [-0.05, 0) is 31.5 Å². The van der Waals surface area contributed by atoms with Crippen molar-refractivity contribution >= 4 is 21.7 Å². The molecule has 1 unspecified atom stereocenters. The van der Waals surface area contributed by atoms with Gasteiger partial charge >= 0.3 is 0 Å². The van der Waals surface area contributed by atoms with Crippen molar-refractivity contribution in [3.63, 3.8) is 0 Å². The van der Waals surface area contributed by atoms with Crippen LogP contribution < -0.4 is 5.73 Å². The Bertz CT molecular complexity index is 570. The molecule has 18 heavy (non-hydrogen) atoms. The number of para-hydroxylation sites is 1. The summed E-state index contributed by atoms with van der Waals surface area (Å²) in [6.07, 6.45) is 1.77. The zero-order chi connectivity index (χ0) is 13.2. The van der Waals surface area contributed by atoms with Crippen molar-refractivity contribution in [3.05, 3.63) is 42.1 Å². The van der Waals surface area contributed by atoms with Gasteiger partial charge in [-0.15, -0.1) is 0 Å². The molecule has 0 aliphatic rings. The maximum Gasteiger partial charge on any atom is 0.0705 e. The predicted molar refractivity (Wildman–Crippen MR) is 76.7 cm³/mol. The molecule has 1 aromatic carbocycles. The van der Waals surface area contributed by atoms with Gasteiger partial charge in [-0.2, -0.15) is 0 Å². The number of aromatic nitrogens is 1. The van der Waals surface area contributed by atoms with Crippen molar-refractivity contribution in [3.8, 4) is 0 Å². The van der Waals surface area contributed by atoms with Crippen molar-refractivity contribution in [2.75, 3.05) is 5.75 Å². The molecule has 1 atom stereocenters. The van der Waals surface area contributed by atoms with E-state index < -0.39 is 16.3 Å². The Morgan fingerprint density at radius 1 is 1.28 bits per heavy atom. The summed E-state index contributed by atoms with van der Waals surface area (Å²) in [6.45, 7) is 3.80. The first-order chi connectivity index (χ1) is 8.46. The van der Waals surface area contributed by atoms with E-state index in [1.165, 1.54) is 0 Å². The minimum Gasteiger partial charge on any atom is -0.325 e. The lowest BCUT2D eigenvalue weighted by Crippen LogP contribution is -2.38. The number of pyridine rings is 1. The number of benzene rings is 1. The molecule has 2 rings (SSSR count). The first kappa shape index (κ1) is 13.2. The fraction of sp³-hybridized carbons (Fsp3) is 0.357. The van der Waals surface area contributed by atoms with E-state index in [9.17, 15) is 4.21 Å². The average Bonchev–Trinajstić information content (AvgIpc) is 2.27. The highest BCUT2D eigenvalue weighted by molar-refractivity contribution is 7.84. The molecule has 0 amide bonds. The molecule has 0 bridgehead atoms. The summed E-state index contributed by atoms with van der Waals surface area (Å²) < 4.78 is 12.1. The van der Waals surface area contributed by atoms with Crippen molar-refractivity contribution in [1.29, 1.82) is 0 Å². The van der Waals surface area contributed by atoms with Gasteiger partial charge < -0.3 is 5.73 Å². The van der Waals surface area contributed by atoms with Gasteiger partial charge in [0.05, 0.1) is 5.52 Å². The molecular formula is C14H18N2OS. The molecular weight excluding hydrogens is 244 g/mol. The van der Waals surface area contributed by atoms with Crippen LogP contribution in [0.4, 0.5) is 0 Å². The summed E-state index contributed by atoms with van der Waals surface area (Å²) in [6, 6.07) is 9.85. The molecule has 1 heterocycles. The maximum atomic E-state index is 12.1. The highest BCUT2D eigenvalue weighted by Crippen LogP contribution is 2.18. The van der Waals surface area contributed by atoms with Gasteiger partial charge in [0.2, 0.25) is 0 Å². The van der Waals surface area contributed by atoms with Crippen LogP contribution in [0.15, 0.2) is 36.5 Å². The van der Waals surface area contributed by atoms with E-state index in [0.29, 0.717) is 11.5 Å². The van der Waals surface area contributed by atoms with E-state index in [4.69, 9.17) is 5.73 Å². The second kappa shape index (κ2) is 5.16. The number of nitrogens with zero attached hydrogens (tertiary/aromatic N) is 1. The molecule has 0 spiro atoms. The fourth-order valence-electron chi connectivity index (χ4n) is 1.92. The topological polar surface area (TPSA) is 56.0 Å². The van der Waals surface area contributed by atoms with Crippen LogP contribution in [0.2, 0.25) is 0 Å². The first-order valence-corrected chi connectivity index (χ1v) is 7.41. The Morgan fingerprint density at radius 2 is 2.00 bits per heavy atom. The van der Waals surface area contributed by atoms with Gasteiger partial charge in [0.25, 0.3) is 0 Å². The zero-order valence-corrected chi connectivity index (χ0v) is 11.5. The highest BCUT2D eigenvalue weighted by atomic mass is 32.2. The fourth-order valence-corrected chi connectivity index (χ4v) is 3.45. The normalized spacial score (nSPS) is 13.7. The van der Waals surface area contributed by atoms with Gasteiger partial charge in [-0.25, -0.2) is 0 Å². The number of rotatable bonds is 4. The molecule has 0 saturated heterocycles. The first-order valence-electron chi connectivity index (χ1n) is 5.92. The van der Waals surface area contributed by atoms with Crippen molar-refractivity contribution < 1.29 is 4.21 Å². The molecule has 0 fully saturated rings. The number of hydrogen-bond acceptors (Lipinski definition) is 3. The van der Waals surface area contributed by atoms with Crippen LogP contribution in [0.1, 0.15) is 19.4 Å². The molecule has 0 saturated carbocycles. The minimum absolute atomic E-state index is 0.395. The summed E-state index contributed by atoms with van der Waals surface area (Å²) in [5.41, 5.74) is 7.52. The van der Waals surface area contributed by atoms with Crippen molar-refractivity contribution in [2.24, 2.45) is 5.73 Å². The SMILES string of the molecule is CC(C)(N)CS(=O)Cc1ccnc2ccccc12. The molecule has 0 radical (unpaired) electrons. The van der Waals surface area contributed by atoms with Crippen LogP contribution in [-0.2, 0) is 16.6 Å². The third-order valence-corrected chi connectivity index (χ3v) is 4.29. The smallest absolute Gasteiger partial charge is 0.0705 e. The lowest BCUT2D eigenvalue weighted by atomic mass is 10.1. The summed E-state index contributed by atoms with van der Waals surface area (Å²) in [5, 5.41) is 1.07. The number of nitrogens with two attached hydrogens (primary N) is 1. The largest absolute Gasteiger partial charge is 0.325 e. The Labute approximate surface area is 110 Å². The summed E-state index contributed by atoms with van der Waals surface area (Å²) in [7, 11) is -0.949. The third kappa shape index (κ3) is 3.37. The minimum atomic E-state index is -0.949. The molecule has 0 aliphatic heterocycles. The second-order valence-electron chi connectivity index (χ2n) is 5.20. The summed E-state index contributed by atoms with van der Waals surface area (Å²) in [4.78, 5) is 4.30. The summed E-state index contributed by atoms with van der Waals surface area (Å²) >= 11 is 0. The van der Waals surface area contributed by atoms with Crippen molar-refractivity contribution in [1.82, 2.24) is 4.98 Å². The Hall–Kier alpha value is -1.26. The van der Waals surface area contributed by atoms with Crippen LogP contribution in [0.5, 0.6) is 0 Å². The van der Waals surface area contributed by atoms with E-state index in [2.05, 4.69) is 4.98 Å². The quantitative estimate of drug-likeness (QED) is 0.919. The van der Waals surface area contributed by atoms with Gasteiger partial charge in [-0.1, -0.05) is 18.2 Å². The van der Waals surface area contributed by atoms with Crippen LogP contribution >= 0.6 is 0 Å². The van der Waals surface area contributed by atoms with Crippen LogP contribution in [0, 0.1) is 0 Å². The highest BCUT2D eigenvalue weighted by Gasteiger charge is 2.16. The van der Waals surface area contributed by atoms with Gasteiger partial charge in [0.15, 0.2) is 0 Å². The van der Waals surface area contributed by atoms with E-state index in [1.807, 2.05) is 44.2 Å². The lowest BCUT2D eigenvalue weighted by molar-refractivity contribution is 0.577. The van der Waals surface area contributed by atoms with E-state index in [0.717, 1.165) is 16.5 Å².